The molecule has 6 heteroatoms. The highest BCUT2D eigenvalue weighted by atomic mass is 35.5. The molecule has 1 aromatic rings. The molecule has 1 aliphatic rings. The van der Waals surface area contributed by atoms with Crippen molar-refractivity contribution in [2.75, 3.05) is 13.7 Å². The molecule has 0 saturated carbocycles. The molecule has 3 atom stereocenters. The van der Waals surface area contributed by atoms with E-state index in [4.69, 9.17) is 16.3 Å². The molecule has 0 spiro atoms. The Hall–Kier alpha value is -1.59. The normalized spacial score (nSPS) is 24.9. The lowest BCUT2D eigenvalue weighted by Gasteiger charge is -2.47. The first-order chi connectivity index (χ1) is 11.9. The van der Waals surface area contributed by atoms with Crippen molar-refractivity contribution in [3.63, 3.8) is 0 Å². The number of aliphatic hydroxyl groups excluding tert-OH is 1. The van der Waals surface area contributed by atoms with E-state index in [2.05, 4.69) is 0 Å². The molecule has 0 radical (unpaired) electrons. The van der Waals surface area contributed by atoms with Crippen LogP contribution in [0.25, 0.3) is 0 Å². The van der Waals surface area contributed by atoms with E-state index in [0.29, 0.717) is 17.9 Å². The number of hydrogen-bond acceptors (Lipinski definition) is 4. The summed E-state index contributed by atoms with van der Waals surface area (Å²) >= 11 is 5.98. The minimum atomic E-state index is -0.807. The second-order valence-corrected chi connectivity index (χ2v) is 7.31. The second kappa shape index (κ2) is 8.19. The molecule has 1 aromatic carbocycles. The molecule has 0 aromatic heterocycles. The monoisotopic (exact) mass is 367 g/mol. The first-order valence-corrected chi connectivity index (χ1v) is 9.00. The number of carbonyl (C=O) groups excluding carboxylic acids is 2. The SMILES string of the molecule is CCC(CO)N1C(=O)[C@@](C)(CC(=O)OC)CCC1c1ccc(Cl)cc1. The van der Waals surface area contributed by atoms with Crippen LogP contribution < -0.4 is 0 Å². The van der Waals surface area contributed by atoms with Gasteiger partial charge in [-0.25, -0.2) is 0 Å². The van der Waals surface area contributed by atoms with Crippen molar-refractivity contribution in [2.45, 2.75) is 51.6 Å². The van der Waals surface area contributed by atoms with Gasteiger partial charge in [0.05, 0.1) is 37.6 Å². The fourth-order valence-corrected chi connectivity index (χ4v) is 3.68. The van der Waals surface area contributed by atoms with Crippen LogP contribution in [0.1, 0.15) is 51.1 Å². The van der Waals surface area contributed by atoms with E-state index in [9.17, 15) is 14.7 Å². The van der Waals surface area contributed by atoms with Crippen LogP contribution in [-0.4, -0.2) is 41.6 Å². The van der Waals surface area contributed by atoms with Crippen LogP contribution in [0.3, 0.4) is 0 Å². The molecule has 1 heterocycles. The minimum absolute atomic E-state index is 0.0496. The largest absolute Gasteiger partial charge is 0.469 e. The lowest BCUT2D eigenvalue weighted by Crippen LogP contribution is -2.54. The number of amides is 1. The van der Waals surface area contributed by atoms with Crippen LogP contribution in [0, 0.1) is 5.41 Å². The average molecular weight is 368 g/mol. The smallest absolute Gasteiger partial charge is 0.306 e. The van der Waals surface area contributed by atoms with Crippen LogP contribution in [0.4, 0.5) is 0 Å². The van der Waals surface area contributed by atoms with Gasteiger partial charge in [-0.15, -0.1) is 0 Å². The van der Waals surface area contributed by atoms with Gasteiger partial charge in [0, 0.05) is 5.02 Å². The Morgan fingerprint density at radius 1 is 1.44 bits per heavy atom. The molecule has 5 nitrogen and oxygen atoms in total. The van der Waals surface area contributed by atoms with Crippen molar-refractivity contribution in [3.8, 4) is 0 Å². The van der Waals surface area contributed by atoms with Gasteiger partial charge in [-0.2, -0.15) is 0 Å². The summed E-state index contributed by atoms with van der Waals surface area (Å²) in [4.78, 5) is 26.8. The van der Waals surface area contributed by atoms with Crippen molar-refractivity contribution >= 4 is 23.5 Å². The molecule has 1 amide bonds. The number of hydrogen-bond donors (Lipinski definition) is 1. The maximum absolute atomic E-state index is 13.3. The fourth-order valence-electron chi connectivity index (χ4n) is 3.56. The molecule has 2 rings (SSSR count). The van der Waals surface area contributed by atoms with Gasteiger partial charge in [0.15, 0.2) is 0 Å². The zero-order chi connectivity index (χ0) is 18.6. The summed E-state index contributed by atoms with van der Waals surface area (Å²) in [5.41, 5.74) is 0.184. The number of nitrogens with zero attached hydrogens (tertiary/aromatic N) is 1. The Morgan fingerprint density at radius 3 is 2.60 bits per heavy atom. The summed E-state index contributed by atoms with van der Waals surface area (Å²) in [5, 5.41) is 10.4. The fraction of sp³-hybridized carbons (Fsp3) is 0.579. The molecule has 138 valence electrons. The Labute approximate surface area is 153 Å². The summed E-state index contributed by atoms with van der Waals surface area (Å²) in [5.74, 6) is -0.497. The molecule has 0 aliphatic carbocycles. The zero-order valence-corrected chi connectivity index (χ0v) is 15.8. The second-order valence-electron chi connectivity index (χ2n) is 6.88. The minimum Gasteiger partial charge on any atom is -0.469 e. The van der Waals surface area contributed by atoms with E-state index in [1.54, 1.807) is 11.8 Å². The van der Waals surface area contributed by atoms with Gasteiger partial charge in [0.25, 0.3) is 0 Å². The molecule has 25 heavy (non-hydrogen) atoms. The lowest BCUT2D eigenvalue weighted by atomic mass is 9.74. The summed E-state index contributed by atoms with van der Waals surface area (Å²) in [6, 6.07) is 7.03. The summed E-state index contributed by atoms with van der Waals surface area (Å²) < 4.78 is 4.77. The number of halogens is 1. The average Bonchev–Trinajstić information content (AvgIpc) is 2.60. The van der Waals surface area contributed by atoms with Gasteiger partial charge in [-0.1, -0.05) is 37.6 Å². The lowest BCUT2D eigenvalue weighted by molar-refractivity contribution is -0.161. The van der Waals surface area contributed by atoms with E-state index in [-0.39, 0.29) is 31.0 Å². The molecule has 2 unspecified atom stereocenters. The number of piperidine rings is 1. The highest BCUT2D eigenvalue weighted by molar-refractivity contribution is 6.30. The quantitative estimate of drug-likeness (QED) is 0.783. The number of rotatable bonds is 6. The standard InChI is InChI=1S/C19H26ClNO4/c1-4-15(12-22)21-16(13-5-7-14(20)8-6-13)9-10-19(2,18(21)24)11-17(23)25-3/h5-8,15-16,22H,4,9-12H2,1-3H3/t15?,16?,19-/m1/s1. The van der Waals surface area contributed by atoms with Gasteiger partial charge in [-0.05, 0) is 37.0 Å². The van der Waals surface area contributed by atoms with Crippen LogP contribution >= 0.6 is 11.6 Å². The van der Waals surface area contributed by atoms with E-state index in [1.165, 1.54) is 7.11 Å². The number of aliphatic hydroxyl groups is 1. The third-order valence-corrected chi connectivity index (χ3v) is 5.40. The summed E-state index contributed by atoms with van der Waals surface area (Å²) in [7, 11) is 1.33. The molecular weight excluding hydrogens is 342 g/mol. The predicted molar refractivity (Wildman–Crippen MR) is 96.2 cm³/mol. The van der Waals surface area contributed by atoms with Crippen LogP contribution in [0.5, 0.6) is 0 Å². The van der Waals surface area contributed by atoms with Gasteiger partial charge in [0.1, 0.15) is 0 Å². The van der Waals surface area contributed by atoms with Gasteiger partial charge >= 0.3 is 5.97 Å². The van der Waals surface area contributed by atoms with Gasteiger partial charge in [0.2, 0.25) is 5.91 Å². The van der Waals surface area contributed by atoms with Crippen molar-refractivity contribution in [3.05, 3.63) is 34.9 Å². The highest BCUT2D eigenvalue weighted by Gasteiger charge is 2.47. The number of ether oxygens (including phenoxy) is 1. The Morgan fingerprint density at radius 2 is 2.08 bits per heavy atom. The van der Waals surface area contributed by atoms with Crippen LogP contribution in [-0.2, 0) is 14.3 Å². The number of esters is 1. The van der Waals surface area contributed by atoms with E-state index < -0.39 is 11.4 Å². The zero-order valence-electron chi connectivity index (χ0n) is 15.0. The maximum Gasteiger partial charge on any atom is 0.306 e. The number of methoxy groups -OCH3 is 1. The van der Waals surface area contributed by atoms with Gasteiger partial charge < -0.3 is 14.7 Å². The molecule has 1 saturated heterocycles. The molecule has 0 bridgehead atoms. The predicted octanol–water partition coefficient (Wildman–Crippen LogP) is 3.34. The Bertz CT molecular complexity index is 614. The number of likely N-dealkylation sites (tertiary alicyclic amines) is 1. The first kappa shape index (κ1) is 19.7. The van der Waals surface area contributed by atoms with Crippen LogP contribution in [0.15, 0.2) is 24.3 Å². The summed E-state index contributed by atoms with van der Waals surface area (Å²) in [6.45, 7) is 3.64. The van der Waals surface area contributed by atoms with Crippen LogP contribution in [0.2, 0.25) is 5.02 Å². The van der Waals surface area contributed by atoms with Gasteiger partial charge in [-0.3, -0.25) is 9.59 Å². The van der Waals surface area contributed by atoms with Crippen molar-refractivity contribution in [1.29, 1.82) is 0 Å². The van der Waals surface area contributed by atoms with Crippen molar-refractivity contribution < 1.29 is 19.4 Å². The number of benzene rings is 1. The van der Waals surface area contributed by atoms with E-state index >= 15 is 0 Å². The molecule has 1 fully saturated rings. The Balaban J connectivity index is 2.37. The topological polar surface area (TPSA) is 66.8 Å². The molecular formula is C19H26ClNO4. The number of carbonyl (C=O) groups is 2. The maximum atomic E-state index is 13.3. The van der Waals surface area contributed by atoms with E-state index in [1.807, 2.05) is 31.2 Å². The molecule has 1 N–H and O–H groups in total. The summed E-state index contributed by atoms with van der Waals surface area (Å²) in [6.07, 6.45) is 2.00. The third-order valence-electron chi connectivity index (χ3n) is 5.15. The first-order valence-electron chi connectivity index (χ1n) is 8.62. The third kappa shape index (κ3) is 4.15. The Kier molecular flexibility index (Phi) is 6.47. The van der Waals surface area contributed by atoms with E-state index in [0.717, 1.165) is 12.0 Å². The van der Waals surface area contributed by atoms with Crippen molar-refractivity contribution in [1.82, 2.24) is 4.90 Å². The molecule has 1 aliphatic heterocycles. The van der Waals surface area contributed by atoms with Crippen molar-refractivity contribution in [2.24, 2.45) is 5.41 Å². The highest BCUT2D eigenvalue weighted by Crippen LogP contribution is 2.44.